The molecule has 3 nitrogen and oxygen atoms in total. The second-order valence-electron chi connectivity index (χ2n) is 2.73. The lowest BCUT2D eigenvalue weighted by Crippen LogP contribution is -2.28. The van der Waals surface area contributed by atoms with Crippen molar-refractivity contribution < 1.29 is 9.53 Å². The fourth-order valence-electron chi connectivity index (χ4n) is 0.673. The Morgan fingerprint density at radius 1 is 1.69 bits per heavy atom. The molecule has 0 aromatic carbocycles. The molecule has 0 bridgehead atoms. The third kappa shape index (κ3) is 5.20. The van der Waals surface area contributed by atoms with Gasteiger partial charge < -0.3 is 10.1 Å². The Balaban J connectivity index is 3.74. The van der Waals surface area contributed by atoms with Crippen molar-refractivity contribution in [1.82, 2.24) is 5.32 Å². The Bertz CT molecular complexity index is 199. The highest BCUT2D eigenvalue weighted by Crippen LogP contribution is 1.93. The predicted molar refractivity (Wildman–Crippen MR) is 53.4 cm³/mol. The zero-order chi connectivity index (χ0) is 10.3. The second kappa shape index (κ2) is 6.43. The van der Waals surface area contributed by atoms with Gasteiger partial charge >= 0.3 is 5.97 Å². The number of rotatable bonds is 6. The van der Waals surface area contributed by atoms with E-state index in [-0.39, 0.29) is 12.0 Å². The normalized spacial score (nSPS) is 11.8. The molecule has 0 saturated heterocycles. The van der Waals surface area contributed by atoms with E-state index in [1.807, 2.05) is 6.92 Å². The molecule has 0 rings (SSSR count). The van der Waals surface area contributed by atoms with E-state index in [1.165, 1.54) is 0 Å². The Kier molecular flexibility index (Phi) is 5.89. The number of hydrogen-bond acceptors (Lipinski definition) is 3. The highest BCUT2D eigenvalue weighted by Gasteiger charge is 2.07. The van der Waals surface area contributed by atoms with Crippen molar-refractivity contribution in [2.24, 2.45) is 0 Å². The lowest BCUT2D eigenvalue weighted by molar-refractivity contribution is -0.138. The second-order valence-corrected chi connectivity index (χ2v) is 2.73. The lowest BCUT2D eigenvalue weighted by Gasteiger charge is -2.09. The van der Waals surface area contributed by atoms with Gasteiger partial charge in [0.25, 0.3) is 0 Å². The zero-order valence-electron chi connectivity index (χ0n) is 8.30. The molecule has 0 aliphatic heterocycles. The van der Waals surface area contributed by atoms with Crippen LogP contribution in [0.4, 0.5) is 0 Å². The predicted octanol–water partition coefficient (Wildman–Crippen LogP) is 1.27. The van der Waals surface area contributed by atoms with Crippen LogP contribution in [0.1, 0.15) is 13.8 Å². The third-order valence-corrected chi connectivity index (χ3v) is 1.56. The molecule has 0 amide bonds. The van der Waals surface area contributed by atoms with Gasteiger partial charge in [0, 0.05) is 18.2 Å². The van der Waals surface area contributed by atoms with Crippen molar-refractivity contribution in [3.05, 3.63) is 24.8 Å². The molecule has 1 atom stereocenters. The summed E-state index contributed by atoms with van der Waals surface area (Å²) in [5.74, 6) is -0.341. The number of hydrogen-bond donors (Lipinski definition) is 1. The van der Waals surface area contributed by atoms with Crippen molar-refractivity contribution in [3.8, 4) is 0 Å². The Morgan fingerprint density at radius 2 is 2.31 bits per heavy atom. The zero-order valence-corrected chi connectivity index (χ0v) is 8.30. The highest BCUT2D eigenvalue weighted by molar-refractivity contribution is 5.88. The maximum atomic E-state index is 11.1. The summed E-state index contributed by atoms with van der Waals surface area (Å²) in [5, 5.41) is 3.05. The molecule has 74 valence electrons. The van der Waals surface area contributed by atoms with Crippen LogP contribution >= 0.6 is 0 Å². The van der Waals surface area contributed by atoms with Crippen molar-refractivity contribution >= 4 is 5.97 Å². The number of ether oxygens (including phenoxy) is 1. The molecule has 0 aliphatic carbocycles. The van der Waals surface area contributed by atoms with Gasteiger partial charge in [0.05, 0.1) is 6.61 Å². The first-order valence-electron chi connectivity index (χ1n) is 4.32. The molecule has 0 aliphatic rings. The topological polar surface area (TPSA) is 38.3 Å². The van der Waals surface area contributed by atoms with Crippen LogP contribution < -0.4 is 5.32 Å². The Hall–Kier alpha value is -1.09. The van der Waals surface area contributed by atoms with Crippen molar-refractivity contribution in [3.63, 3.8) is 0 Å². The summed E-state index contributed by atoms with van der Waals surface area (Å²) in [7, 11) is 0. The van der Waals surface area contributed by atoms with Crippen molar-refractivity contribution in [2.75, 3.05) is 13.2 Å². The fraction of sp³-hybridized carbons (Fsp3) is 0.500. The summed E-state index contributed by atoms with van der Waals surface area (Å²) < 4.78 is 4.77. The third-order valence-electron chi connectivity index (χ3n) is 1.56. The average molecular weight is 183 g/mol. The molecule has 0 fully saturated rings. The minimum Gasteiger partial charge on any atom is -0.463 e. The van der Waals surface area contributed by atoms with Gasteiger partial charge in [-0.25, -0.2) is 4.79 Å². The average Bonchev–Trinajstić information content (AvgIpc) is 2.13. The maximum Gasteiger partial charge on any atom is 0.334 e. The van der Waals surface area contributed by atoms with Crippen LogP contribution in [0.25, 0.3) is 0 Å². The van der Waals surface area contributed by atoms with Gasteiger partial charge in [-0.1, -0.05) is 12.7 Å². The summed E-state index contributed by atoms with van der Waals surface area (Å²) in [4.78, 5) is 11.1. The first-order chi connectivity index (χ1) is 6.11. The first kappa shape index (κ1) is 11.9. The molecule has 0 saturated carbocycles. The largest absolute Gasteiger partial charge is 0.463 e. The van der Waals surface area contributed by atoms with Crippen LogP contribution in [-0.2, 0) is 9.53 Å². The van der Waals surface area contributed by atoms with Gasteiger partial charge in [-0.2, -0.15) is 0 Å². The minimum atomic E-state index is -0.341. The smallest absolute Gasteiger partial charge is 0.334 e. The van der Waals surface area contributed by atoms with Crippen molar-refractivity contribution in [1.29, 1.82) is 0 Å². The molecule has 3 heteroatoms. The van der Waals surface area contributed by atoms with Crippen LogP contribution in [0.5, 0.6) is 0 Å². The van der Waals surface area contributed by atoms with Crippen LogP contribution in [0.15, 0.2) is 24.8 Å². The molecular weight excluding hydrogens is 166 g/mol. The van der Waals surface area contributed by atoms with Crippen LogP contribution in [0.2, 0.25) is 0 Å². The quantitative estimate of drug-likeness (QED) is 0.383. The van der Waals surface area contributed by atoms with Crippen LogP contribution in [0.3, 0.4) is 0 Å². The van der Waals surface area contributed by atoms with E-state index in [2.05, 4.69) is 18.5 Å². The molecule has 1 unspecified atom stereocenters. The summed E-state index contributed by atoms with van der Waals surface area (Å²) in [5.41, 5.74) is 0.440. The SMILES string of the molecule is C=CC(C)NCC(=C)C(=O)OCC. The van der Waals surface area contributed by atoms with Gasteiger partial charge in [-0.15, -0.1) is 6.58 Å². The summed E-state index contributed by atoms with van der Waals surface area (Å²) >= 11 is 0. The van der Waals surface area contributed by atoms with E-state index in [9.17, 15) is 4.79 Å². The molecule has 0 aromatic heterocycles. The lowest BCUT2D eigenvalue weighted by atomic mass is 10.2. The van der Waals surface area contributed by atoms with E-state index in [0.717, 1.165) is 0 Å². The number of carbonyl (C=O) groups excluding carboxylic acids is 1. The first-order valence-corrected chi connectivity index (χ1v) is 4.32. The molecule has 13 heavy (non-hydrogen) atoms. The van der Waals surface area contributed by atoms with Gasteiger partial charge in [0.1, 0.15) is 0 Å². The molecule has 0 aromatic rings. The van der Waals surface area contributed by atoms with Gasteiger partial charge in [-0.05, 0) is 13.8 Å². The van der Waals surface area contributed by atoms with E-state index < -0.39 is 0 Å². The number of nitrogens with one attached hydrogen (secondary N) is 1. The van der Waals surface area contributed by atoms with Gasteiger partial charge in [-0.3, -0.25) is 0 Å². The van der Waals surface area contributed by atoms with Gasteiger partial charge in [0.15, 0.2) is 0 Å². The molecule has 0 spiro atoms. The van der Waals surface area contributed by atoms with Gasteiger partial charge in [0.2, 0.25) is 0 Å². The number of esters is 1. The molecule has 0 radical (unpaired) electrons. The standard InChI is InChI=1S/C10H17NO2/c1-5-9(4)11-7-8(3)10(12)13-6-2/h5,9,11H,1,3,6-7H2,2,4H3. The summed E-state index contributed by atoms with van der Waals surface area (Å²) in [6.07, 6.45) is 1.76. The van der Waals surface area contributed by atoms with Crippen LogP contribution in [-0.4, -0.2) is 25.2 Å². The maximum absolute atomic E-state index is 11.1. The molecule has 0 heterocycles. The van der Waals surface area contributed by atoms with Crippen molar-refractivity contribution in [2.45, 2.75) is 19.9 Å². The Labute approximate surface area is 79.5 Å². The fourth-order valence-corrected chi connectivity index (χ4v) is 0.673. The summed E-state index contributed by atoms with van der Waals surface area (Å²) in [6, 6.07) is 0.172. The van der Waals surface area contributed by atoms with E-state index in [4.69, 9.17) is 4.74 Å². The molecular formula is C10H17NO2. The summed E-state index contributed by atoms with van der Waals surface area (Å²) in [6.45, 7) is 11.8. The molecule has 1 N–H and O–H groups in total. The van der Waals surface area contributed by atoms with Crippen LogP contribution in [0, 0.1) is 0 Å². The van der Waals surface area contributed by atoms with E-state index in [1.54, 1.807) is 13.0 Å². The Morgan fingerprint density at radius 3 is 2.77 bits per heavy atom. The van der Waals surface area contributed by atoms with E-state index >= 15 is 0 Å². The highest BCUT2D eigenvalue weighted by atomic mass is 16.5. The monoisotopic (exact) mass is 183 g/mol. The van der Waals surface area contributed by atoms with E-state index in [0.29, 0.717) is 18.7 Å². The number of carbonyl (C=O) groups is 1. The minimum absolute atomic E-state index is 0.172.